The van der Waals surface area contributed by atoms with Crippen LogP contribution in [0.2, 0.25) is 0 Å². The molecule has 0 radical (unpaired) electrons. The standard InChI is InChI=1S/C22H19N3O2/c1-15-8-11-18(12-9-15)24-20-13-10-16(2)23-25(20)22(27)19(21(24)26)14-17-6-4-3-5-7-17/h3-13H,14H2,1-2H3. The van der Waals surface area contributed by atoms with Crippen molar-refractivity contribution in [3.8, 4) is 11.6 Å². The van der Waals surface area contributed by atoms with E-state index < -0.39 is 0 Å². The lowest BCUT2D eigenvalue weighted by Gasteiger charge is -2.16. The topological polar surface area (TPSA) is 61.3 Å². The molecule has 134 valence electrons. The zero-order valence-corrected chi connectivity index (χ0v) is 15.2. The second kappa shape index (κ2) is 6.68. The van der Waals surface area contributed by atoms with E-state index in [1.54, 1.807) is 16.7 Å². The summed E-state index contributed by atoms with van der Waals surface area (Å²) in [6.07, 6.45) is 0.267. The van der Waals surface area contributed by atoms with Gasteiger partial charge in [0.15, 0.2) is 0 Å². The van der Waals surface area contributed by atoms with Crippen LogP contribution in [0.1, 0.15) is 22.4 Å². The molecule has 27 heavy (non-hydrogen) atoms. The third kappa shape index (κ3) is 3.08. The van der Waals surface area contributed by atoms with Crippen molar-refractivity contribution in [1.82, 2.24) is 9.61 Å². The van der Waals surface area contributed by atoms with Gasteiger partial charge in [0.25, 0.3) is 0 Å². The summed E-state index contributed by atoms with van der Waals surface area (Å²) < 4.78 is 2.89. The summed E-state index contributed by atoms with van der Waals surface area (Å²) in [5.74, 6) is -0.307. The van der Waals surface area contributed by atoms with Gasteiger partial charge < -0.3 is 5.11 Å². The van der Waals surface area contributed by atoms with Gasteiger partial charge in [0.2, 0.25) is 0 Å². The Morgan fingerprint density at radius 3 is 2.37 bits per heavy atom. The molecule has 2 aromatic heterocycles. The summed E-state index contributed by atoms with van der Waals surface area (Å²) in [6.45, 7) is 3.82. The molecule has 0 aliphatic rings. The first-order valence-electron chi connectivity index (χ1n) is 8.80. The third-order valence-electron chi connectivity index (χ3n) is 4.61. The predicted octanol–water partition coefficient (Wildman–Crippen LogP) is 2.25. The van der Waals surface area contributed by atoms with Gasteiger partial charge in [-0.1, -0.05) is 57.6 Å². The number of fused-ring (bicyclic) bond motifs is 1. The molecule has 0 spiro atoms. The van der Waals surface area contributed by atoms with E-state index in [9.17, 15) is 9.90 Å². The highest BCUT2D eigenvalue weighted by Gasteiger charge is 2.21. The largest absolute Gasteiger partial charge is 0.842 e. The molecular formula is C22H19N3O2. The van der Waals surface area contributed by atoms with E-state index in [4.69, 9.17) is 0 Å². The summed E-state index contributed by atoms with van der Waals surface area (Å²) in [6, 6.07) is 20.7. The number of aryl methyl sites for hydroxylation is 2. The highest BCUT2D eigenvalue weighted by molar-refractivity contribution is 5.40. The van der Waals surface area contributed by atoms with E-state index in [2.05, 4.69) is 5.10 Å². The van der Waals surface area contributed by atoms with Crippen LogP contribution in [-0.4, -0.2) is 9.61 Å². The van der Waals surface area contributed by atoms with Crippen molar-refractivity contribution in [1.29, 1.82) is 0 Å². The van der Waals surface area contributed by atoms with Crippen molar-refractivity contribution in [2.24, 2.45) is 0 Å². The van der Waals surface area contributed by atoms with Gasteiger partial charge in [-0.3, -0.25) is 0 Å². The lowest BCUT2D eigenvalue weighted by molar-refractivity contribution is -0.632. The first kappa shape index (κ1) is 17.0. The minimum atomic E-state index is -0.370. The van der Waals surface area contributed by atoms with Gasteiger partial charge in [0.05, 0.1) is 17.1 Å². The molecule has 5 nitrogen and oxygen atoms in total. The molecule has 4 aromatic rings. The van der Waals surface area contributed by atoms with E-state index in [1.165, 1.54) is 4.52 Å². The smallest absolute Gasteiger partial charge is 0.365 e. The van der Waals surface area contributed by atoms with Gasteiger partial charge in [0.1, 0.15) is 5.69 Å². The van der Waals surface area contributed by atoms with E-state index in [0.29, 0.717) is 17.0 Å². The molecule has 0 N–H and O–H groups in total. The Balaban J connectivity index is 2.03. The normalized spacial score (nSPS) is 11.0. The predicted molar refractivity (Wildman–Crippen MR) is 101 cm³/mol. The van der Waals surface area contributed by atoms with Crippen LogP contribution in [0, 0.1) is 13.8 Å². The van der Waals surface area contributed by atoms with Gasteiger partial charge in [0, 0.05) is 12.5 Å². The Hall–Kier alpha value is -3.47. The van der Waals surface area contributed by atoms with Crippen LogP contribution >= 0.6 is 0 Å². The second-order valence-electron chi connectivity index (χ2n) is 6.67. The Bertz CT molecular complexity index is 1180. The number of hydrogen-bond donors (Lipinski definition) is 0. The Morgan fingerprint density at radius 1 is 0.963 bits per heavy atom. The average Bonchev–Trinajstić information content (AvgIpc) is 2.68. The maximum atomic E-state index is 13.3. The highest BCUT2D eigenvalue weighted by Crippen LogP contribution is 2.15. The van der Waals surface area contributed by atoms with Crippen LogP contribution in [0.5, 0.6) is 5.88 Å². The SMILES string of the molecule is Cc1ccc(-[n+]2c([O-])c(Cc3ccccc3)c(=O)n3nc(C)ccc32)cc1. The Labute approximate surface area is 156 Å². The summed E-state index contributed by atoms with van der Waals surface area (Å²) in [5, 5.41) is 17.7. The first-order chi connectivity index (χ1) is 13.0. The van der Waals surface area contributed by atoms with Gasteiger partial charge in [-0.05, 0) is 37.6 Å². The number of rotatable bonds is 3. The van der Waals surface area contributed by atoms with Gasteiger partial charge in [-0.2, -0.15) is 0 Å². The third-order valence-corrected chi connectivity index (χ3v) is 4.61. The van der Waals surface area contributed by atoms with Crippen molar-refractivity contribution < 1.29 is 9.67 Å². The molecule has 0 saturated heterocycles. The molecule has 0 amide bonds. The van der Waals surface area contributed by atoms with E-state index >= 15 is 0 Å². The monoisotopic (exact) mass is 357 g/mol. The van der Waals surface area contributed by atoms with Gasteiger partial charge in [-0.15, -0.1) is 0 Å². The maximum absolute atomic E-state index is 13.3. The van der Waals surface area contributed by atoms with Crippen LogP contribution in [0.4, 0.5) is 0 Å². The fourth-order valence-corrected chi connectivity index (χ4v) is 3.18. The zero-order chi connectivity index (χ0) is 19.0. The van der Waals surface area contributed by atoms with Crippen LogP contribution in [-0.2, 0) is 6.42 Å². The molecule has 0 bridgehead atoms. The minimum absolute atomic E-state index is 0.206. The Kier molecular flexibility index (Phi) is 4.20. The Morgan fingerprint density at radius 2 is 1.67 bits per heavy atom. The lowest BCUT2D eigenvalue weighted by atomic mass is 10.1. The van der Waals surface area contributed by atoms with Crippen LogP contribution in [0.15, 0.2) is 71.5 Å². The van der Waals surface area contributed by atoms with Crippen molar-refractivity contribution >= 4 is 5.65 Å². The quantitative estimate of drug-likeness (QED) is 0.529. The molecule has 0 fully saturated rings. The fourth-order valence-electron chi connectivity index (χ4n) is 3.18. The number of hydrogen-bond acceptors (Lipinski definition) is 3. The number of aromatic nitrogens is 3. The van der Waals surface area contributed by atoms with Crippen molar-refractivity contribution in [3.63, 3.8) is 0 Å². The van der Waals surface area contributed by atoms with Crippen LogP contribution in [0.25, 0.3) is 11.3 Å². The van der Waals surface area contributed by atoms with Crippen molar-refractivity contribution in [3.05, 3.63) is 99.5 Å². The summed E-state index contributed by atoms with van der Waals surface area (Å²) in [5.41, 5.74) is 3.73. The van der Waals surface area contributed by atoms with E-state index in [-0.39, 0.29) is 23.4 Å². The summed E-state index contributed by atoms with van der Waals surface area (Å²) >= 11 is 0. The van der Waals surface area contributed by atoms with Crippen molar-refractivity contribution in [2.75, 3.05) is 0 Å². The zero-order valence-electron chi connectivity index (χ0n) is 15.2. The number of benzene rings is 2. The fraction of sp³-hybridized carbons (Fsp3) is 0.136. The molecule has 0 aliphatic heterocycles. The van der Waals surface area contributed by atoms with Gasteiger partial charge >= 0.3 is 11.2 Å². The van der Waals surface area contributed by atoms with E-state index in [1.807, 2.05) is 68.4 Å². The summed E-state index contributed by atoms with van der Waals surface area (Å²) in [7, 11) is 0. The molecule has 5 heteroatoms. The average molecular weight is 357 g/mol. The molecule has 0 unspecified atom stereocenters. The highest BCUT2D eigenvalue weighted by atomic mass is 16.3. The molecular weight excluding hydrogens is 338 g/mol. The molecule has 2 heterocycles. The summed E-state index contributed by atoms with van der Waals surface area (Å²) in [4.78, 5) is 13.0. The van der Waals surface area contributed by atoms with Gasteiger partial charge in [-0.25, -0.2) is 9.36 Å². The van der Waals surface area contributed by atoms with Crippen molar-refractivity contribution in [2.45, 2.75) is 20.3 Å². The second-order valence-corrected chi connectivity index (χ2v) is 6.67. The molecule has 4 rings (SSSR count). The van der Waals surface area contributed by atoms with Crippen LogP contribution in [0.3, 0.4) is 0 Å². The first-order valence-corrected chi connectivity index (χ1v) is 8.80. The molecule has 0 atom stereocenters. The molecule has 0 saturated carbocycles. The molecule has 2 aromatic carbocycles. The van der Waals surface area contributed by atoms with Crippen LogP contribution < -0.4 is 15.2 Å². The van der Waals surface area contributed by atoms with E-state index in [0.717, 1.165) is 11.1 Å². The minimum Gasteiger partial charge on any atom is -0.842 e. The maximum Gasteiger partial charge on any atom is 0.365 e. The lowest BCUT2D eigenvalue weighted by Crippen LogP contribution is -2.43. The molecule has 0 aliphatic carbocycles. The number of nitrogens with zero attached hydrogens (tertiary/aromatic N) is 3.